The van der Waals surface area contributed by atoms with E-state index in [1.165, 1.54) is 0 Å². The Hall–Kier alpha value is -4.14. The molecule has 3 heterocycles. The van der Waals surface area contributed by atoms with Gasteiger partial charge in [0.15, 0.2) is 0 Å². The normalized spacial score (nSPS) is 14.3. The van der Waals surface area contributed by atoms with Gasteiger partial charge in [0, 0.05) is 55.6 Å². The molecule has 1 saturated heterocycles. The number of H-pyrrole nitrogens is 1. The summed E-state index contributed by atoms with van der Waals surface area (Å²) < 4.78 is 34.6. The average molecular weight is 476 g/mol. The third-order valence-electron chi connectivity index (χ3n) is 6.11. The van der Waals surface area contributed by atoms with Crippen molar-refractivity contribution in [2.75, 3.05) is 13.1 Å². The summed E-state index contributed by atoms with van der Waals surface area (Å²) in [4.78, 5) is 31.1. The van der Waals surface area contributed by atoms with E-state index in [-0.39, 0.29) is 34.9 Å². The maximum atomic E-state index is 14.5. The first-order valence-electron chi connectivity index (χ1n) is 11.3. The summed E-state index contributed by atoms with van der Waals surface area (Å²) in [7, 11) is 0. The minimum Gasteiger partial charge on any atom is -0.474 e. The van der Waals surface area contributed by atoms with E-state index in [0.717, 1.165) is 12.1 Å². The number of pyridine rings is 1. The lowest BCUT2D eigenvalue weighted by Gasteiger charge is -2.32. The maximum Gasteiger partial charge on any atom is 0.275 e. The summed E-state index contributed by atoms with van der Waals surface area (Å²) in [6, 6.07) is 14.4. The minimum absolute atomic E-state index is 0.00447. The van der Waals surface area contributed by atoms with Crippen LogP contribution in [0.15, 0.2) is 65.6 Å². The lowest BCUT2D eigenvalue weighted by Crippen LogP contribution is -2.41. The van der Waals surface area contributed by atoms with Crippen molar-refractivity contribution in [1.82, 2.24) is 20.1 Å². The second kappa shape index (κ2) is 9.61. The molecule has 7 nitrogen and oxygen atoms in total. The third kappa shape index (κ3) is 4.75. The van der Waals surface area contributed by atoms with Crippen molar-refractivity contribution >= 4 is 16.7 Å². The van der Waals surface area contributed by atoms with Gasteiger partial charge < -0.3 is 9.64 Å². The SMILES string of the molecule is O=C(c1cccc(Cc2n[nH]c(=O)c3c(F)ccc(F)c23)c1)N1CCC(Oc2ccccn2)CC1. The van der Waals surface area contributed by atoms with Gasteiger partial charge in [-0.05, 0) is 35.9 Å². The number of nitrogens with zero attached hydrogens (tertiary/aromatic N) is 3. The monoisotopic (exact) mass is 476 g/mol. The van der Waals surface area contributed by atoms with Crippen molar-refractivity contribution < 1.29 is 18.3 Å². The number of hydrogen-bond donors (Lipinski definition) is 1. The molecular formula is C26H22F2N4O3. The number of hydrogen-bond acceptors (Lipinski definition) is 5. The van der Waals surface area contributed by atoms with Gasteiger partial charge >= 0.3 is 0 Å². The van der Waals surface area contributed by atoms with Crippen LogP contribution in [0.4, 0.5) is 8.78 Å². The van der Waals surface area contributed by atoms with Gasteiger partial charge in [-0.3, -0.25) is 9.59 Å². The number of amides is 1. The summed E-state index contributed by atoms with van der Waals surface area (Å²) in [6.07, 6.45) is 3.18. The minimum atomic E-state index is -0.814. The standard InChI is InChI=1S/C26H22F2N4O3/c27-19-7-8-20(28)24-23(19)21(30-31-25(24)33)15-16-4-3-5-17(14-16)26(34)32-12-9-18(10-13-32)35-22-6-1-2-11-29-22/h1-8,11,14,18H,9-10,12-13,15H2,(H,31,33). The summed E-state index contributed by atoms with van der Waals surface area (Å²) in [5, 5.41) is 5.67. The van der Waals surface area contributed by atoms with Crippen LogP contribution in [0.5, 0.6) is 5.88 Å². The predicted octanol–water partition coefficient (Wildman–Crippen LogP) is 3.87. The molecule has 0 bridgehead atoms. The van der Waals surface area contributed by atoms with Crippen LogP contribution in [0.2, 0.25) is 0 Å². The lowest BCUT2D eigenvalue weighted by atomic mass is 10.0. The van der Waals surface area contributed by atoms with Crippen molar-refractivity contribution in [2.45, 2.75) is 25.4 Å². The summed E-state index contributed by atoms with van der Waals surface area (Å²) in [5.41, 5.74) is 0.578. The Kier molecular flexibility index (Phi) is 6.22. The molecule has 0 atom stereocenters. The molecule has 1 aliphatic heterocycles. The highest BCUT2D eigenvalue weighted by Gasteiger charge is 2.25. The van der Waals surface area contributed by atoms with Gasteiger partial charge in [-0.25, -0.2) is 18.9 Å². The average Bonchev–Trinajstić information content (AvgIpc) is 2.88. The molecule has 1 aliphatic rings. The van der Waals surface area contributed by atoms with Crippen LogP contribution in [-0.2, 0) is 6.42 Å². The number of likely N-dealkylation sites (tertiary alicyclic amines) is 1. The molecule has 35 heavy (non-hydrogen) atoms. The van der Waals surface area contributed by atoms with Gasteiger partial charge in [0.25, 0.3) is 11.5 Å². The van der Waals surface area contributed by atoms with Crippen LogP contribution >= 0.6 is 0 Å². The van der Waals surface area contributed by atoms with Gasteiger partial charge in [-0.1, -0.05) is 18.2 Å². The fourth-order valence-corrected chi connectivity index (χ4v) is 4.37. The van der Waals surface area contributed by atoms with Gasteiger partial charge in [-0.15, -0.1) is 0 Å². The Morgan fingerprint density at radius 3 is 2.54 bits per heavy atom. The number of aromatic amines is 1. The smallest absolute Gasteiger partial charge is 0.275 e. The molecule has 178 valence electrons. The highest BCUT2D eigenvalue weighted by molar-refractivity contribution is 5.94. The Morgan fingerprint density at radius 1 is 1.03 bits per heavy atom. The van der Waals surface area contributed by atoms with Crippen molar-refractivity contribution in [3.05, 3.63) is 99.6 Å². The van der Waals surface area contributed by atoms with Gasteiger partial charge in [-0.2, -0.15) is 5.10 Å². The molecule has 9 heteroatoms. The molecule has 0 radical (unpaired) electrons. The van der Waals surface area contributed by atoms with Crippen LogP contribution in [0.1, 0.15) is 34.5 Å². The number of carbonyl (C=O) groups excluding carboxylic acids is 1. The number of fused-ring (bicyclic) bond motifs is 1. The molecule has 0 spiro atoms. The Bertz CT molecular complexity index is 1430. The first kappa shape index (κ1) is 22.6. The summed E-state index contributed by atoms with van der Waals surface area (Å²) in [5.74, 6) is -1.08. The van der Waals surface area contributed by atoms with Gasteiger partial charge in [0.05, 0.1) is 11.1 Å². The summed E-state index contributed by atoms with van der Waals surface area (Å²) >= 11 is 0. The molecule has 1 N–H and O–H groups in total. The number of piperidine rings is 1. The van der Waals surface area contributed by atoms with E-state index in [0.29, 0.717) is 42.9 Å². The number of ether oxygens (including phenoxy) is 1. The number of nitrogens with one attached hydrogen (secondary N) is 1. The highest BCUT2D eigenvalue weighted by atomic mass is 19.1. The number of benzene rings is 2. The van der Waals surface area contributed by atoms with Crippen LogP contribution in [0.25, 0.3) is 10.8 Å². The largest absolute Gasteiger partial charge is 0.474 e. The zero-order valence-electron chi connectivity index (χ0n) is 18.7. The molecule has 1 amide bonds. The maximum absolute atomic E-state index is 14.5. The fraction of sp³-hybridized carbons (Fsp3) is 0.231. The molecule has 4 aromatic rings. The van der Waals surface area contributed by atoms with E-state index in [4.69, 9.17) is 4.74 Å². The molecule has 5 rings (SSSR count). The van der Waals surface area contributed by atoms with Crippen molar-refractivity contribution in [3.63, 3.8) is 0 Å². The van der Waals surface area contributed by atoms with E-state index in [1.807, 2.05) is 18.2 Å². The Morgan fingerprint density at radius 2 is 1.80 bits per heavy atom. The van der Waals surface area contributed by atoms with Crippen LogP contribution < -0.4 is 10.3 Å². The molecule has 2 aromatic carbocycles. The molecule has 0 unspecified atom stereocenters. The van der Waals surface area contributed by atoms with E-state index >= 15 is 0 Å². The topological polar surface area (TPSA) is 88.2 Å². The lowest BCUT2D eigenvalue weighted by molar-refractivity contribution is 0.0588. The first-order chi connectivity index (χ1) is 17.0. The van der Waals surface area contributed by atoms with Crippen molar-refractivity contribution in [3.8, 4) is 5.88 Å². The number of halogens is 2. The molecule has 0 aliphatic carbocycles. The van der Waals surface area contributed by atoms with E-state index in [2.05, 4.69) is 15.2 Å². The van der Waals surface area contributed by atoms with Gasteiger partial charge in [0.1, 0.15) is 17.7 Å². The van der Waals surface area contributed by atoms with Crippen LogP contribution in [-0.4, -0.2) is 45.2 Å². The summed E-state index contributed by atoms with van der Waals surface area (Å²) in [6.45, 7) is 1.11. The van der Waals surface area contributed by atoms with Crippen LogP contribution in [0.3, 0.4) is 0 Å². The molecule has 2 aromatic heterocycles. The molecule has 1 fully saturated rings. The van der Waals surface area contributed by atoms with Crippen LogP contribution in [0, 0.1) is 11.6 Å². The number of rotatable bonds is 5. The zero-order valence-corrected chi connectivity index (χ0v) is 18.7. The predicted molar refractivity (Wildman–Crippen MR) is 125 cm³/mol. The Balaban J connectivity index is 1.30. The zero-order chi connectivity index (χ0) is 24.4. The quantitative estimate of drug-likeness (QED) is 0.473. The Labute approximate surface area is 199 Å². The number of aromatic nitrogens is 3. The molecular weight excluding hydrogens is 454 g/mol. The van der Waals surface area contributed by atoms with Crippen molar-refractivity contribution in [1.29, 1.82) is 0 Å². The highest BCUT2D eigenvalue weighted by Crippen LogP contribution is 2.23. The molecule has 0 saturated carbocycles. The van der Waals surface area contributed by atoms with E-state index < -0.39 is 17.2 Å². The second-order valence-electron chi connectivity index (χ2n) is 8.43. The number of carbonyl (C=O) groups is 1. The third-order valence-corrected chi connectivity index (χ3v) is 6.11. The first-order valence-corrected chi connectivity index (χ1v) is 11.3. The second-order valence-corrected chi connectivity index (χ2v) is 8.43. The van der Waals surface area contributed by atoms with Gasteiger partial charge in [0.2, 0.25) is 5.88 Å². The van der Waals surface area contributed by atoms with E-state index in [9.17, 15) is 18.4 Å². The van der Waals surface area contributed by atoms with Crippen molar-refractivity contribution in [2.24, 2.45) is 0 Å². The van der Waals surface area contributed by atoms with E-state index in [1.54, 1.807) is 35.4 Å². The fourth-order valence-electron chi connectivity index (χ4n) is 4.37.